The van der Waals surface area contributed by atoms with Crippen LogP contribution in [0.1, 0.15) is 30.1 Å². The van der Waals surface area contributed by atoms with E-state index in [2.05, 4.69) is 12.2 Å². The Morgan fingerprint density at radius 3 is 3.15 bits per heavy atom. The van der Waals surface area contributed by atoms with Crippen LogP contribution < -0.4 is 10.1 Å². The molecule has 1 aromatic rings. The van der Waals surface area contributed by atoms with Crippen molar-refractivity contribution in [3.8, 4) is 5.75 Å². The van der Waals surface area contributed by atoms with Crippen molar-refractivity contribution in [3.63, 3.8) is 0 Å². The lowest BCUT2D eigenvalue weighted by Gasteiger charge is -2.20. The number of rotatable bonds is 7. The predicted octanol–water partition coefficient (Wildman–Crippen LogP) is 1.92. The van der Waals surface area contributed by atoms with Crippen LogP contribution in [0.25, 0.3) is 0 Å². The van der Waals surface area contributed by atoms with Gasteiger partial charge in [-0.3, -0.25) is 0 Å². The molecular formula is C15H21NO4. The maximum atomic E-state index is 10.8. The van der Waals surface area contributed by atoms with Gasteiger partial charge in [-0.05, 0) is 38.0 Å². The van der Waals surface area contributed by atoms with Crippen LogP contribution in [0, 0.1) is 0 Å². The third-order valence-electron chi connectivity index (χ3n) is 3.44. The highest BCUT2D eigenvalue weighted by Crippen LogP contribution is 2.15. The summed E-state index contributed by atoms with van der Waals surface area (Å²) in [6.45, 7) is 4.18. The number of nitrogens with one attached hydrogen (secondary N) is 1. The van der Waals surface area contributed by atoms with Crippen LogP contribution in [0.3, 0.4) is 0 Å². The molecule has 1 heterocycles. The fourth-order valence-electron chi connectivity index (χ4n) is 2.30. The van der Waals surface area contributed by atoms with Gasteiger partial charge in [-0.2, -0.15) is 0 Å². The molecule has 0 aliphatic carbocycles. The van der Waals surface area contributed by atoms with Crippen molar-refractivity contribution in [1.82, 2.24) is 5.32 Å². The molecule has 20 heavy (non-hydrogen) atoms. The van der Waals surface area contributed by atoms with Crippen LogP contribution >= 0.6 is 0 Å². The van der Waals surface area contributed by atoms with Gasteiger partial charge in [0.25, 0.3) is 0 Å². The first-order chi connectivity index (χ1) is 9.66. The molecule has 0 saturated carbocycles. The van der Waals surface area contributed by atoms with Crippen molar-refractivity contribution in [1.29, 1.82) is 0 Å². The molecule has 5 nitrogen and oxygen atoms in total. The Bertz CT molecular complexity index is 443. The highest BCUT2D eigenvalue weighted by molar-refractivity contribution is 5.87. The first kappa shape index (κ1) is 14.8. The molecular weight excluding hydrogens is 258 g/mol. The summed E-state index contributed by atoms with van der Waals surface area (Å²) in [4.78, 5) is 10.8. The van der Waals surface area contributed by atoms with Crippen LogP contribution in [0.2, 0.25) is 0 Å². The molecule has 0 spiro atoms. The van der Waals surface area contributed by atoms with E-state index in [1.807, 2.05) is 0 Å². The summed E-state index contributed by atoms with van der Waals surface area (Å²) in [6.07, 6.45) is 2.54. The van der Waals surface area contributed by atoms with Gasteiger partial charge in [-0.25, -0.2) is 4.79 Å². The number of hydrogen-bond donors (Lipinski definition) is 2. The van der Waals surface area contributed by atoms with E-state index < -0.39 is 5.97 Å². The monoisotopic (exact) mass is 279 g/mol. The summed E-state index contributed by atoms with van der Waals surface area (Å²) < 4.78 is 11.1. The second kappa shape index (κ2) is 7.26. The summed E-state index contributed by atoms with van der Waals surface area (Å²) in [7, 11) is 0. The van der Waals surface area contributed by atoms with Gasteiger partial charge in [0, 0.05) is 19.2 Å². The lowest BCUT2D eigenvalue weighted by atomic mass is 10.1. The zero-order valence-electron chi connectivity index (χ0n) is 11.7. The summed E-state index contributed by atoms with van der Waals surface area (Å²) >= 11 is 0. The van der Waals surface area contributed by atoms with Gasteiger partial charge in [-0.15, -0.1) is 0 Å². The molecule has 0 amide bonds. The average Bonchev–Trinajstić information content (AvgIpc) is 2.98. The third-order valence-corrected chi connectivity index (χ3v) is 3.44. The molecule has 2 N–H and O–H groups in total. The lowest BCUT2D eigenvalue weighted by Crippen LogP contribution is -2.39. The van der Waals surface area contributed by atoms with E-state index in [9.17, 15) is 4.79 Å². The maximum absolute atomic E-state index is 10.8. The normalized spacial score (nSPS) is 19.8. The fraction of sp³-hybridized carbons (Fsp3) is 0.533. The van der Waals surface area contributed by atoms with Gasteiger partial charge >= 0.3 is 5.97 Å². The minimum atomic E-state index is -0.944. The Kier molecular flexibility index (Phi) is 5.38. The van der Waals surface area contributed by atoms with E-state index in [-0.39, 0.29) is 5.56 Å². The Hall–Kier alpha value is -1.59. The summed E-state index contributed by atoms with van der Waals surface area (Å²) in [5.74, 6) is -0.364. The van der Waals surface area contributed by atoms with Gasteiger partial charge in [0.15, 0.2) is 0 Å². The van der Waals surface area contributed by atoms with Gasteiger partial charge in [0.1, 0.15) is 12.4 Å². The fourth-order valence-corrected chi connectivity index (χ4v) is 2.30. The number of hydrogen-bond acceptors (Lipinski definition) is 4. The Labute approximate surface area is 118 Å². The SMILES string of the molecule is CC(NCCOc1cccc(C(=O)O)c1)C1CCCO1. The lowest BCUT2D eigenvalue weighted by molar-refractivity contribution is 0.0696. The van der Waals surface area contributed by atoms with Crippen LogP contribution in [0.5, 0.6) is 5.75 Å². The molecule has 0 aromatic heterocycles. The maximum Gasteiger partial charge on any atom is 0.335 e. The smallest absolute Gasteiger partial charge is 0.335 e. The molecule has 1 saturated heterocycles. The molecule has 2 rings (SSSR count). The first-order valence-electron chi connectivity index (χ1n) is 6.98. The van der Waals surface area contributed by atoms with Crippen LogP contribution in [0.4, 0.5) is 0 Å². The molecule has 2 atom stereocenters. The molecule has 0 bridgehead atoms. The molecule has 2 unspecified atom stereocenters. The van der Waals surface area contributed by atoms with Crippen molar-refractivity contribution < 1.29 is 19.4 Å². The minimum absolute atomic E-state index is 0.239. The van der Waals surface area contributed by atoms with Gasteiger partial charge in [0.05, 0.1) is 11.7 Å². The Balaban J connectivity index is 1.70. The van der Waals surface area contributed by atoms with Crippen molar-refractivity contribution >= 4 is 5.97 Å². The zero-order chi connectivity index (χ0) is 14.4. The van der Waals surface area contributed by atoms with E-state index in [0.717, 1.165) is 19.4 Å². The van der Waals surface area contributed by atoms with E-state index >= 15 is 0 Å². The molecule has 1 aliphatic rings. The zero-order valence-corrected chi connectivity index (χ0v) is 11.7. The van der Waals surface area contributed by atoms with E-state index in [4.69, 9.17) is 14.6 Å². The minimum Gasteiger partial charge on any atom is -0.492 e. The summed E-state index contributed by atoms with van der Waals surface area (Å²) in [5, 5.41) is 12.3. The largest absolute Gasteiger partial charge is 0.492 e. The molecule has 110 valence electrons. The molecule has 1 fully saturated rings. The van der Waals surface area contributed by atoms with E-state index in [1.54, 1.807) is 18.2 Å². The quantitative estimate of drug-likeness (QED) is 0.746. The first-order valence-corrected chi connectivity index (χ1v) is 6.98. The van der Waals surface area contributed by atoms with Crippen molar-refractivity contribution in [2.24, 2.45) is 0 Å². The van der Waals surface area contributed by atoms with Crippen LogP contribution in [-0.4, -0.2) is 43.0 Å². The molecule has 0 radical (unpaired) electrons. The number of carboxylic acid groups (broad SMARTS) is 1. The molecule has 1 aromatic carbocycles. The van der Waals surface area contributed by atoms with Gasteiger partial charge in [0.2, 0.25) is 0 Å². The highest BCUT2D eigenvalue weighted by atomic mass is 16.5. The number of carbonyl (C=O) groups is 1. The van der Waals surface area contributed by atoms with Gasteiger partial charge in [-0.1, -0.05) is 6.07 Å². The Morgan fingerprint density at radius 1 is 1.60 bits per heavy atom. The summed E-state index contributed by atoms with van der Waals surface area (Å²) in [5.41, 5.74) is 0.239. The van der Waals surface area contributed by atoms with Gasteiger partial charge < -0.3 is 19.9 Å². The van der Waals surface area contributed by atoms with Crippen molar-refractivity contribution in [3.05, 3.63) is 29.8 Å². The number of aromatic carboxylic acids is 1. The van der Waals surface area contributed by atoms with E-state index in [0.29, 0.717) is 31.0 Å². The second-order valence-electron chi connectivity index (χ2n) is 4.98. The van der Waals surface area contributed by atoms with Crippen LogP contribution in [-0.2, 0) is 4.74 Å². The third kappa shape index (κ3) is 4.21. The standard InChI is InChI=1S/C15H21NO4/c1-11(14-6-3-8-20-14)16-7-9-19-13-5-2-4-12(10-13)15(17)18/h2,4-5,10-11,14,16H,3,6-9H2,1H3,(H,17,18). The summed E-state index contributed by atoms with van der Waals surface area (Å²) in [6, 6.07) is 6.84. The highest BCUT2D eigenvalue weighted by Gasteiger charge is 2.21. The van der Waals surface area contributed by atoms with Crippen molar-refractivity contribution in [2.75, 3.05) is 19.8 Å². The molecule has 5 heteroatoms. The van der Waals surface area contributed by atoms with Crippen LogP contribution in [0.15, 0.2) is 24.3 Å². The number of carboxylic acids is 1. The number of ether oxygens (including phenoxy) is 2. The number of benzene rings is 1. The second-order valence-corrected chi connectivity index (χ2v) is 4.98. The Morgan fingerprint density at radius 2 is 2.45 bits per heavy atom. The molecule has 1 aliphatic heterocycles. The predicted molar refractivity (Wildman–Crippen MR) is 75.3 cm³/mol. The topological polar surface area (TPSA) is 67.8 Å². The average molecular weight is 279 g/mol. The van der Waals surface area contributed by atoms with Crippen molar-refractivity contribution in [2.45, 2.75) is 31.9 Å². The van der Waals surface area contributed by atoms with E-state index in [1.165, 1.54) is 6.07 Å².